The minimum Gasteiger partial charge on any atom is -0.488 e. The summed E-state index contributed by atoms with van der Waals surface area (Å²) < 4.78 is 11.8. The third-order valence-electron chi connectivity index (χ3n) is 5.03. The number of ether oxygens (including phenoxy) is 2. The number of amides is 2. The number of benzene rings is 2. The molecule has 31 heavy (non-hydrogen) atoms. The van der Waals surface area contributed by atoms with E-state index in [1.165, 1.54) is 12.3 Å². The van der Waals surface area contributed by atoms with Gasteiger partial charge in [-0.3, -0.25) is 14.6 Å². The topological polar surface area (TPSA) is 94.8 Å². The Kier molecular flexibility index (Phi) is 6.12. The van der Waals surface area contributed by atoms with Gasteiger partial charge in [-0.25, -0.2) is 0 Å². The van der Waals surface area contributed by atoms with E-state index in [0.717, 1.165) is 18.6 Å². The number of primary amides is 1. The SMILES string of the molecule is NC(=O)c1cc(OC2CCCN(C(=O)c3ccc(Oc4ccccc4)cc3)C2)ccn1. The first-order valence-electron chi connectivity index (χ1n) is 10.1. The van der Waals surface area contributed by atoms with Gasteiger partial charge in [0.25, 0.3) is 11.8 Å². The maximum Gasteiger partial charge on any atom is 0.267 e. The Morgan fingerprint density at radius 1 is 0.968 bits per heavy atom. The van der Waals surface area contributed by atoms with Crippen LogP contribution in [0.25, 0.3) is 0 Å². The van der Waals surface area contributed by atoms with Gasteiger partial charge in [-0.2, -0.15) is 0 Å². The van der Waals surface area contributed by atoms with Gasteiger partial charge in [0.05, 0.1) is 6.54 Å². The lowest BCUT2D eigenvalue weighted by atomic mass is 10.1. The Bertz CT molecular complexity index is 1050. The normalized spacial score (nSPS) is 15.9. The highest BCUT2D eigenvalue weighted by molar-refractivity contribution is 5.94. The Morgan fingerprint density at radius 2 is 1.71 bits per heavy atom. The molecular weight excluding hydrogens is 394 g/mol. The van der Waals surface area contributed by atoms with Crippen LogP contribution in [0.3, 0.4) is 0 Å². The summed E-state index contributed by atoms with van der Waals surface area (Å²) in [5.74, 6) is 1.28. The first-order valence-corrected chi connectivity index (χ1v) is 10.1. The van der Waals surface area contributed by atoms with Crippen molar-refractivity contribution in [1.29, 1.82) is 0 Å². The molecule has 0 bridgehead atoms. The molecule has 7 nitrogen and oxygen atoms in total. The molecule has 0 aliphatic carbocycles. The molecule has 2 heterocycles. The van der Waals surface area contributed by atoms with Crippen LogP contribution in [-0.2, 0) is 0 Å². The number of hydrogen-bond acceptors (Lipinski definition) is 5. The maximum atomic E-state index is 13.0. The molecule has 2 N–H and O–H groups in total. The van der Waals surface area contributed by atoms with Crippen molar-refractivity contribution in [2.75, 3.05) is 13.1 Å². The fourth-order valence-electron chi connectivity index (χ4n) is 3.50. The van der Waals surface area contributed by atoms with Gasteiger partial charge in [0.15, 0.2) is 0 Å². The molecule has 2 amide bonds. The van der Waals surface area contributed by atoms with Crippen molar-refractivity contribution in [2.45, 2.75) is 18.9 Å². The average molecular weight is 417 g/mol. The summed E-state index contributed by atoms with van der Waals surface area (Å²) in [6.45, 7) is 1.14. The van der Waals surface area contributed by atoms with Crippen LogP contribution in [-0.4, -0.2) is 40.9 Å². The van der Waals surface area contributed by atoms with E-state index in [1.54, 1.807) is 35.2 Å². The second-order valence-corrected chi connectivity index (χ2v) is 7.31. The molecule has 1 aliphatic rings. The number of likely N-dealkylation sites (tertiary alicyclic amines) is 1. The van der Waals surface area contributed by atoms with E-state index >= 15 is 0 Å². The summed E-state index contributed by atoms with van der Waals surface area (Å²) in [5.41, 5.74) is 6.03. The van der Waals surface area contributed by atoms with Gasteiger partial charge in [-0.05, 0) is 55.3 Å². The predicted octanol–water partition coefficient (Wildman–Crippen LogP) is 3.66. The number of nitrogens with two attached hydrogens (primary N) is 1. The Morgan fingerprint density at radius 3 is 2.45 bits per heavy atom. The molecule has 1 saturated heterocycles. The van der Waals surface area contributed by atoms with Crippen LogP contribution in [0, 0.1) is 0 Å². The van der Waals surface area contributed by atoms with Crippen molar-refractivity contribution >= 4 is 11.8 Å². The molecule has 0 radical (unpaired) electrons. The van der Waals surface area contributed by atoms with Crippen LogP contribution in [0.1, 0.15) is 33.7 Å². The number of pyridine rings is 1. The van der Waals surface area contributed by atoms with Crippen molar-refractivity contribution in [1.82, 2.24) is 9.88 Å². The smallest absolute Gasteiger partial charge is 0.267 e. The summed E-state index contributed by atoms with van der Waals surface area (Å²) in [5, 5.41) is 0. The Labute approximate surface area is 180 Å². The number of carbonyl (C=O) groups is 2. The van der Waals surface area contributed by atoms with Crippen LogP contribution in [0.15, 0.2) is 72.9 Å². The van der Waals surface area contributed by atoms with E-state index in [4.69, 9.17) is 15.2 Å². The van der Waals surface area contributed by atoms with Crippen LogP contribution in [0.2, 0.25) is 0 Å². The van der Waals surface area contributed by atoms with Crippen LogP contribution < -0.4 is 15.2 Å². The van der Waals surface area contributed by atoms with E-state index in [1.807, 2.05) is 30.3 Å². The third-order valence-corrected chi connectivity index (χ3v) is 5.03. The largest absolute Gasteiger partial charge is 0.488 e. The van der Waals surface area contributed by atoms with Crippen molar-refractivity contribution in [2.24, 2.45) is 5.73 Å². The minimum atomic E-state index is -0.606. The quantitative estimate of drug-likeness (QED) is 0.661. The molecule has 1 unspecified atom stereocenters. The molecule has 1 atom stereocenters. The standard InChI is InChI=1S/C24H23N3O4/c25-23(28)22-15-20(12-13-26-22)31-21-7-4-14-27(16-21)24(29)17-8-10-19(11-9-17)30-18-5-2-1-3-6-18/h1-3,5-6,8-13,15,21H,4,7,14,16H2,(H2,25,28). The fourth-order valence-corrected chi connectivity index (χ4v) is 3.50. The van der Waals surface area contributed by atoms with Crippen LogP contribution >= 0.6 is 0 Å². The minimum absolute atomic E-state index is 0.0490. The lowest BCUT2D eigenvalue weighted by Crippen LogP contribution is -2.44. The zero-order valence-electron chi connectivity index (χ0n) is 16.9. The second kappa shape index (κ2) is 9.30. The molecule has 0 saturated carbocycles. The van der Waals surface area contributed by atoms with Crippen LogP contribution in [0.4, 0.5) is 0 Å². The van der Waals surface area contributed by atoms with Gasteiger partial charge >= 0.3 is 0 Å². The number of hydrogen-bond donors (Lipinski definition) is 1. The van der Waals surface area contributed by atoms with Gasteiger partial charge in [0.1, 0.15) is 29.0 Å². The van der Waals surface area contributed by atoms with Crippen LogP contribution in [0.5, 0.6) is 17.2 Å². The monoisotopic (exact) mass is 417 g/mol. The predicted molar refractivity (Wildman–Crippen MR) is 115 cm³/mol. The third kappa shape index (κ3) is 5.19. The number of nitrogens with zero attached hydrogens (tertiary/aromatic N) is 2. The summed E-state index contributed by atoms with van der Waals surface area (Å²) >= 11 is 0. The lowest BCUT2D eigenvalue weighted by Gasteiger charge is -2.33. The zero-order valence-corrected chi connectivity index (χ0v) is 16.9. The molecule has 1 aromatic heterocycles. The molecule has 7 heteroatoms. The van der Waals surface area contributed by atoms with E-state index in [2.05, 4.69) is 4.98 Å². The highest BCUT2D eigenvalue weighted by Gasteiger charge is 2.26. The van der Waals surface area contributed by atoms with Gasteiger partial charge in [-0.1, -0.05) is 18.2 Å². The van der Waals surface area contributed by atoms with Gasteiger partial charge < -0.3 is 20.1 Å². The summed E-state index contributed by atoms with van der Waals surface area (Å²) in [7, 11) is 0. The Balaban J connectivity index is 1.38. The Hall–Kier alpha value is -3.87. The number of piperidine rings is 1. The molecule has 1 fully saturated rings. The van der Waals surface area contributed by atoms with E-state index in [0.29, 0.717) is 30.2 Å². The maximum absolute atomic E-state index is 13.0. The van der Waals surface area contributed by atoms with Crippen molar-refractivity contribution in [3.05, 3.63) is 84.2 Å². The molecule has 4 rings (SSSR count). The number of aromatic nitrogens is 1. The van der Waals surface area contributed by atoms with Crippen molar-refractivity contribution < 1.29 is 19.1 Å². The first-order chi connectivity index (χ1) is 15.1. The van der Waals surface area contributed by atoms with Gasteiger partial charge in [0.2, 0.25) is 0 Å². The first kappa shape index (κ1) is 20.4. The molecular formula is C24H23N3O4. The van der Waals surface area contributed by atoms with Gasteiger partial charge in [0, 0.05) is 24.4 Å². The lowest BCUT2D eigenvalue weighted by molar-refractivity contribution is 0.0537. The molecule has 1 aliphatic heterocycles. The highest BCUT2D eigenvalue weighted by atomic mass is 16.5. The van der Waals surface area contributed by atoms with Crippen molar-refractivity contribution in [3.8, 4) is 17.2 Å². The molecule has 3 aromatic rings. The summed E-state index contributed by atoms with van der Waals surface area (Å²) in [6, 6.07) is 19.8. The van der Waals surface area contributed by atoms with E-state index in [9.17, 15) is 9.59 Å². The summed E-state index contributed by atoms with van der Waals surface area (Å²) in [4.78, 5) is 30.0. The van der Waals surface area contributed by atoms with Gasteiger partial charge in [-0.15, -0.1) is 0 Å². The number of carbonyl (C=O) groups excluding carboxylic acids is 2. The second-order valence-electron chi connectivity index (χ2n) is 7.31. The van der Waals surface area contributed by atoms with Crippen molar-refractivity contribution in [3.63, 3.8) is 0 Å². The number of para-hydroxylation sites is 1. The molecule has 0 spiro atoms. The highest BCUT2D eigenvalue weighted by Crippen LogP contribution is 2.23. The summed E-state index contributed by atoms with van der Waals surface area (Å²) in [6.07, 6.45) is 2.98. The molecule has 2 aromatic carbocycles. The molecule has 158 valence electrons. The fraction of sp³-hybridized carbons (Fsp3) is 0.208. The zero-order chi connectivity index (χ0) is 21.6. The van der Waals surface area contributed by atoms with E-state index in [-0.39, 0.29) is 17.7 Å². The average Bonchev–Trinajstić information content (AvgIpc) is 2.80. The van der Waals surface area contributed by atoms with E-state index < -0.39 is 5.91 Å². The number of rotatable bonds is 6.